The largest absolute Gasteiger partial charge is 0.349 e. The second kappa shape index (κ2) is 7.18. The molecule has 3 nitrogen and oxygen atoms in total. The quantitative estimate of drug-likeness (QED) is 0.923. The first-order valence-electron chi connectivity index (χ1n) is 6.83. The minimum Gasteiger partial charge on any atom is -0.349 e. The van der Waals surface area contributed by atoms with Gasteiger partial charge in [0, 0.05) is 11.8 Å². The van der Waals surface area contributed by atoms with Crippen molar-refractivity contribution in [1.82, 2.24) is 5.32 Å². The molecule has 2 atom stereocenters. The molecule has 2 aromatic rings. The maximum atomic E-state index is 12.5. The highest BCUT2D eigenvalue weighted by molar-refractivity contribution is 7.85. The molecule has 110 valence electrons. The van der Waals surface area contributed by atoms with Gasteiger partial charge in [0.2, 0.25) is 5.91 Å². The summed E-state index contributed by atoms with van der Waals surface area (Å²) in [5.74, 6) is 0.247. The van der Waals surface area contributed by atoms with Crippen LogP contribution in [0.3, 0.4) is 0 Å². The van der Waals surface area contributed by atoms with Gasteiger partial charge in [-0.3, -0.25) is 9.00 Å². The summed E-state index contributed by atoms with van der Waals surface area (Å²) >= 11 is 0. The fourth-order valence-electron chi connectivity index (χ4n) is 2.09. The molecule has 0 aliphatic rings. The molecule has 0 aliphatic carbocycles. The van der Waals surface area contributed by atoms with Crippen LogP contribution >= 0.6 is 0 Å². The van der Waals surface area contributed by atoms with Gasteiger partial charge >= 0.3 is 0 Å². The number of carbonyl (C=O) groups is 1. The summed E-state index contributed by atoms with van der Waals surface area (Å²) < 4.78 is 12.5. The van der Waals surface area contributed by atoms with Crippen LogP contribution in [0.2, 0.25) is 0 Å². The highest BCUT2D eigenvalue weighted by atomic mass is 32.2. The minimum atomic E-state index is -1.15. The normalized spacial score (nSPS) is 13.4. The molecule has 0 aliphatic heterocycles. The lowest BCUT2D eigenvalue weighted by Crippen LogP contribution is -2.30. The van der Waals surface area contributed by atoms with Gasteiger partial charge in [-0.2, -0.15) is 0 Å². The first kappa shape index (κ1) is 15.4. The Hall–Kier alpha value is -1.94. The number of aryl methyl sites for hydroxylation is 1. The Morgan fingerprint density at radius 2 is 1.71 bits per heavy atom. The van der Waals surface area contributed by atoms with E-state index in [0.717, 1.165) is 16.0 Å². The van der Waals surface area contributed by atoms with Crippen LogP contribution in [0.1, 0.15) is 24.1 Å². The topological polar surface area (TPSA) is 46.2 Å². The van der Waals surface area contributed by atoms with Crippen molar-refractivity contribution < 1.29 is 9.00 Å². The third-order valence-electron chi connectivity index (χ3n) is 3.18. The van der Waals surface area contributed by atoms with Gasteiger partial charge in [0.15, 0.2) is 0 Å². The number of amides is 1. The summed E-state index contributed by atoms with van der Waals surface area (Å²) in [6.45, 7) is 3.47. The van der Waals surface area contributed by atoms with Gasteiger partial charge in [-0.25, -0.2) is 0 Å². The van der Waals surface area contributed by atoms with E-state index in [-0.39, 0.29) is 11.9 Å². The van der Waals surface area contributed by atoms with Crippen molar-refractivity contribution in [2.24, 2.45) is 0 Å². The zero-order valence-electron chi connectivity index (χ0n) is 12.2. The Morgan fingerprint density at radius 3 is 2.29 bits per heavy atom. The fourth-order valence-corrected chi connectivity index (χ4v) is 3.30. The van der Waals surface area contributed by atoms with E-state index >= 15 is 0 Å². The summed E-state index contributed by atoms with van der Waals surface area (Å²) in [5, 5.41) is 2.88. The summed E-state index contributed by atoms with van der Waals surface area (Å²) in [5.41, 5.74) is 2.10. The predicted octanol–water partition coefficient (Wildman–Crippen LogP) is 2.98. The van der Waals surface area contributed by atoms with Crippen molar-refractivity contribution in [3.63, 3.8) is 0 Å². The molecule has 0 aromatic heterocycles. The Labute approximate surface area is 127 Å². The molecule has 0 heterocycles. The standard InChI is InChI=1S/C17H19NO2S/c1-13-8-10-16(11-9-13)21(20)12-17(18-14(2)19)15-6-4-3-5-7-15/h3-11,17H,12H2,1-2H3,(H,18,19)/t17-,21?/m0/s1. The Balaban J connectivity index is 2.17. The zero-order valence-corrected chi connectivity index (χ0v) is 13.0. The number of hydrogen-bond donors (Lipinski definition) is 1. The van der Waals surface area contributed by atoms with Gasteiger partial charge in [-0.1, -0.05) is 48.0 Å². The van der Waals surface area contributed by atoms with Crippen molar-refractivity contribution in [1.29, 1.82) is 0 Å². The third kappa shape index (κ3) is 4.53. The lowest BCUT2D eigenvalue weighted by Gasteiger charge is -2.18. The molecule has 2 aromatic carbocycles. The summed E-state index contributed by atoms with van der Waals surface area (Å²) in [4.78, 5) is 12.2. The molecule has 0 saturated heterocycles. The number of nitrogens with one attached hydrogen (secondary N) is 1. The van der Waals surface area contributed by atoms with Crippen molar-refractivity contribution in [3.8, 4) is 0 Å². The summed E-state index contributed by atoms with van der Waals surface area (Å²) in [6, 6.07) is 17.0. The molecule has 2 rings (SSSR count). The van der Waals surface area contributed by atoms with E-state index in [4.69, 9.17) is 0 Å². The molecular formula is C17H19NO2S. The maximum Gasteiger partial charge on any atom is 0.217 e. The number of carbonyl (C=O) groups excluding carboxylic acids is 1. The molecule has 4 heteroatoms. The number of rotatable bonds is 5. The molecule has 0 bridgehead atoms. The van der Waals surface area contributed by atoms with Crippen LogP contribution < -0.4 is 5.32 Å². The first-order chi connectivity index (χ1) is 10.1. The molecule has 0 saturated carbocycles. The molecule has 1 amide bonds. The maximum absolute atomic E-state index is 12.5. The average Bonchev–Trinajstić information content (AvgIpc) is 2.47. The van der Waals surface area contributed by atoms with Crippen LogP contribution in [0.4, 0.5) is 0 Å². The molecule has 1 unspecified atom stereocenters. The lowest BCUT2D eigenvalue weighted by molar-refractivity contribution is -0.119. The Morgan fingerprint density at radius 1 is 1.10 bits per heavy atom. The van der Waals surface area contributed by atoms with E-state index < -0.39 is 10.8 Å². The van der Waals surface area contributed by atoms with E-state index in [1.54, 1.807) is 0 Å². The van der Waals surface area contributed by atoms with Crippen molar-refractivity contribution in [2.75, 3.05) is 5.75 Å². The van der Waals surface area contributed by atoms with E-state index in [2.05, 4.69) is 5.32 Å². The van der Waals surface area contributed by atoms with Gasteiger partial charge in [-0.05, 0) is 24.6 Å². The van der Waals surface area contributed by atoms with Crippen molar-refractivity contribution in [2.45, 2.75) is 24.8 Å². The molecule has 21 heavy (non-hydrogen) atoms. The van der Waals surface area contributed by atoms with Crippen LogP contribution in [0.5, 0.6) is 0 Å². The van der Waals surface area contributed by atoms with Gasteiger partial charge < -0.3 is 5.32 Å². The molecule has 1 N–H and O–H groups in total. The minimum absolute atomic E-state index is 0.121. The van der Waals surface area contributed by atoms with E-state index in [1.807, 2.05) is 61.5 Å². The fraction of sp³-hybridized carbons (Fsp3) is 0.235. The summed E-state index contributed by atoms with van der Waals surface area (Å²) in [6.07, 6.45) is 0. The Bertz CT molecular complexity index is 623. The van der Waals surface area contributed by atoms with Gasteiger partial charge in [-0.15, -0.1) is 0 Å². The smallest absolute Gasteiger partial charge is 0.217 e. The van der Waals surface area contributed by atoms with Gasteiger partial charge in [0.25, 0.3) is 0 Å². The van der Waals surface area contributed by atoms with E-state index in [0.29, 0.717) is 5.75 Å². The molecule has 0 radical (unpaired) electrons. The molecule has 0 fully saturated rings. The number of hydrogen-bond acceptors (Lipinski definition) is 2. The van der Waals surface area contributed by atoms with Gasteiger partial charge in [0.05, 0.1) is 22.6 Å². The Kier molecular flexibility index (Phi) is 5.28. The SMILES string of the molecule is CC(=O)N[C@@H](CS(=O)c1ccc(C)cc1)c1ccccc1. The van der Waals surface area contributed by atoms with Crippen LogP contribution in [0, 0.1) is 6.92 Å². The lowest BCUT2D eigenvalue weighted by atomic mass is 10.1. The van der Waals surface area contributed by atoms with Crippen LogP contribution in [0.15, 0.2) is 59.5 Å². The highest BCUT2D eigenvalue weighted by Gasteiger charge is 2.17. The number of benzene rings is 2. The average molecular weight is 301 g/mol. The first-order valence-corrected chi connectivity index (χ1v) is 8.15. The predicted molar refractivity (Wildman–Crippen MR) is 85.5 cm³/mol. The van der Waals surface area contributed by atoms with Crippen LogP contribution in [0.25, 0.3) is 0 Å². The second-order valence-electron chi connectivity index (χ2n) is 4.99. The van der Waals surface area contributed by atoms with E-state index in [9.17, 15) is 9.00 Å². The summed E-state index contributed by atoms with van der Waals surface area (Å²) in [7, 11) is -1.15. The van der Waals surface area contributed by atoms with Crippen LogP contribution in [-0.4, -0.2) is 15.9 Å². The monoisotopic (exact) mass is 301 g/mol. The molecular weight excluding hydrogens is 282 g/mol. The van der Waals surface area contributed by atoms with E-state index in [1.165, 1.54) is 6.92 Å². The molecule has 0 spiro atoms. The zero-order chi connectivity index (χ0) is 15.2. The van der Waals surface area contributed by atoms with Crippen molar-refractivity contribution in [3.05, 3.63) is 65.7 Å². The van der Waals surface area contributed by atoms with Crippen molar-refractivity contribution >= 4 is 16.7 Å². The van der Waals surface area contributed by atoms with Crippen LogP contribution in [-0.2, 0) is 15.6 Å². The highest BCUT2D eigenvalue weighted by Crippen LogP contribution is 2.18. The second-order valence-corrected chi connectivity index (χ2v) is 6.48. The third-order valence-corrected chi connectivity index (χ3v) is 4.62. The van der Waals surface area contributed by atoms with Gasteiger partial charge in [0.1, 0.15) is 0 Å².